The van der Waals surface area contributed by atoms with Crippen LogP contribution in [0, 0.1) is 18.6 Å². The molecule has 1 aliphatic heterocycles. The highest BCUT2D eigenvalue weighted by atomic mass is 32.2. The molecular weight excluding hydrogens is 474 g/mol. The third-order valence-corrected chi connectivity index (χ3v) is 7.89. The van der Waals surface area contributed by atoms with Gasteiger partial charge < -0.3 is 5.32 Å². The van der Waals surface area contributed by atoms with Gasteiger partial charge in [0.05, 0.1) is 39.9 Å². The average molecular weight is 497 g/mol. The summed E-state index contributed by atoms with van der Waals surface area (Å²) in [5.41, 5.74) is 3.04. The number of pyridine rings is 1. The van der Waals surface area contributed by atoms with Crippen molar-refractivity contribution in [1.82, 2.24) is 20.1 Å². The number of carbonyl (C=O) groups excluding carboxylic acids is 1. The van der Waals surface area contributed by atoms with E-state index in [0.717, 1.165) is 5.56 Å². The number of nitrogens with one attached hydrogen (secondary N) is 1. The molecule has 0 aliphatic carbocycles. The monoisotopic (exact) mass is 496 g/mol. The molecule has 5 rings (SSSR count). The smallest absolute Gasteiger partial charge is 0.252 e. The van der Waals surface area contributed by atoms with Gasteiger partial charge in [-0.15, -0.1) is 0 Å². The first-order valence-corrected chi connectivity index (χ1v) is 12.9. The second-order valence-electron chi connectivity index (χ2n) is 8.66. The van der Waals surface area contributed by atoms with E-state index in [9.17, 15) is 22.0 Å². The summed E-state index contributed by atoms with van der Waals surface area (Å²) in [6.07, 6.45) is 0.410. The SMILES string of the molecule is Cc1nn(C2CCS(=O)(=O)C2)c2nc(-c3ccc(F)cc3)cc(C(=O)NCc3ccc(F)cc3)c12. The Morgan fingerprint density at radius 3 is 2.37 bits per heavy atom. The molecule has 10 heteroatoms. The molecule has 3 heterocycles. The lowest BCUT2D eigenvalue weighted by Crippen LogP contribution is -2.23. The minimum Gasteiger partial charge on any atom is -0.348 e. The van der Waals surface area contributed by atoms with E-state index in [1.165, 1.54) is 24.3 Å². The van der Waals surface area contributed by atoms with E-state index in [0.29, 0.717) is 40.0 Å². The molecule has 0 radical (unpaired) electrons. The number of sulfone groups is 1. The summed E-state index contributed by atoms with van der Waals surface area (Å²) in [6.45, 7) is 1.93. The molecule has 7 nitrogen and oxygen atoms in total. The van der Waals surface area contributed by atoms with E-state index < -0.39 is 15.7 Å². The molecule has 1 atom stereocenters. The highest BCUT2D eigenvalue weighted by Crippen LogP contribution is 2.32. The third-order valence-electron chi connectivity index (χ3n) is 6.14. The van der Waals surface area contributed by atoms with Crippen LogP contribution in [0.3, 0.4) is 0 Å². The zero-order valence-electron chi connectivity index (χ0n) is 18.8. The lowest BCUT2D eigenvalue weighted by atomic mass is 10.0. The molecule has 1 saturated heterocycles. The Bertz CT molecular complexity index is 1530. The van der Waals surface area contributed by atoms with Crippen molar-refractivity contribution < 1.29 is 22.0 Å². The maximum Gasteiger partial charge on any atom is 0.252 e. The van der Waals surface area contributed by atoms with E-state index in [2.05, 4.69) is 10.4 Å². The zero-order valence-corrected chi connectivity index (χ0v) is 19.6. The van der Waals surface area contributed by atoms with Crippen LogP contribution < -0.4 is 5.32 Å². The van der Waals surface area contributed by atoms with Crippen molar-refractivity contribution in [1.29, 1.82) is 0 Å². The van der Waals surface area contributed by atoms with Crippen LogP contribution in [0.15, 0.2) is 54.6 Å². The van der Waals surface area contributed by atoms with Crippen LogP contribution in [0.4, 0.5) is 8.78 Å². The summed E-state index contributed by atoms with van der Waals surface area (Å²) in [6, 6.07) is 12.8. The maximum absolute atomic E-state index is 13.5. The van der Waals surface area contributed by atoms with E-state index >= 15 is 0 Å². The van der Waals surface area contributed by atoms with E-state index in [1.54, 1.807) is 41.9 Å². The second-order valence-corrected chi connectivity index (χ2v) is 10.9. The van der Waals surface area contributed by atoms with E-state index in [1.807, 2.05) is 0 Å². The lowest BCUT2D eigenvalue weighted by Gasteiger charge is -2.12. The highest BCUT2D eigenvalue weighted by molar-refractivity contribution is 7.91. The van der Waals surface area contributed by atoms with Crippen LogP contribution in [0.1, 0.15) is 34.1 Å². The van der Waals surface area contributed by atoms with Crippen molar-refractivity contribution in [3.8, 4) is 11.3 Å². The highest BCUT2D eigenvalue weighted by Gasteiger charge is 2.32. The van der Waals surface area contributed by atoms with Crippen LogP contribution in [0.5, 0.6) is 0 Å². The fourth-order valence-electron chi connectivity index (χ4n) is 4.36. The van der Waals surface area contributed by atoms with Gasteiger partial charge in [-0.1, -0.05) is 12.1 Å². The van der Waals surface area contributed by atoms with E-state index in [4.69, 9.17) is 4.98 Å². The summed E-state index contributed by atoms with van der Waals surface area (Å²) >= 11 is 0. The summed E-state index contributed by atoms with van der Waals surface area (Å²) in [7, 11) is -3.18. The topological polar surface area (TPSA) is 93.9 Å². The molecule has 1 fully saturated rings. The molecule has 0 bridgehead atoms. The molecule has 0 saturated carbocycles. The van der Waals surface area contributed by atoms with Gasteiger partial charge in [0.25, 0.3) is 5.91 Å². The van der Waals surface area contributed by atoms with Crippen molar-refractivity contribution in [2.75, 3.05) is 11.5 Å². The van der Waals surface area contributed by atoms with Gasteiger partial charge in [0.15, 0.2) is 15.5 Å². The number of aromatic nitrogens is 3. The number of halogens is 2. The Hall–Kier alpha value is -3.66. The molecule has 1 N–H and O–H groups in total. The van der Waals surface area contributed by atoms with Crippen LogP contribution in [-0.4, -0.2) is 40.6 Å². The Morgan fingerprint density at radius 2 is 1.74 bits per heavy atom. The first-order valence-electron chi connectivity index (χ1n) is 11.1. The first kappa shape index (κ1) is 23.1. The molecule has 1 aliphatic rings. The second kappa shape index (κ2) is 8.84. The molecule has 2 aromatic carbocycles. The van der Waals surface area contributed by atoms with Crippen molar-refractivity contribution in [3.63, 3.8) is 0 Å². The van der Waals surface area contributed by atoms with Gasteiger partial charge in [-0.05, 0) is 61.4 Å². The number of carbonyl (C=O) groups is 1. The van der Waals surface area contributed by atoms with Crippen LogP contribution in [0.25, 0.3) is 22.3 Å². The fraction of sp³-hybridized carbons (Fsp3) is 0.240. The number of rotatable bonds is 5. The summed E-state index contributed by atoms with van der Waals surface area (Å²) < 4.78 is 52.5. The van der Waals surface area contributed by atoms with Gasteiger partial charge in [-0.3, -0.25) is 4.79 Å². The number of nitrogens with zero attached hydrogens (tertiary/aromatic N) is 3. The molecule has 4 aromatic rings. The largest absolute Gasteiger partial charge is 0.348 e. The van der Waals surface area contributed by atoms with Gasteiger partial charge in [-0.2, -0.15) is 5.10 Å². The number of hydrogen-bond acceptors (Lipinski definition) is 5. The molecule has 1 unspecified atom stereocenters. The summed E-state index contributed by atoms with van der Waals surface area (Å²) in [4.78, 5) is 18.0. The normalized spacial score (nSPS) is 17.1. The van der Waals surface area contributed by atoms with Crippen molar-refractivity contribution in [2.24, 2.45) is 0 Å². The van der Waals surface area contributed by atoms with Crippen LogP contribution in [-0.2, 0) is 16.4 Å². The van der Waals surface area contributed by atoms with Crippen molar-refractivity contribution >= 4 is 26.8 Å². The third kappa shape index (κ3) is 4.66. The summed E-state index contributed by atoms with van der Waals surface area (Å²) in [5.74, 6) is -1.12. The molecule has 1 amide bonds. The van der Waals surface area contributed by atoms with E-state index in [-0.39, 0.29) is 35.8 Å². The quantitative estimate of drug-likeness (QED) is 0.451. The zero-order chi connectivity index (χ0) is 24.7. The van der Waals surface area contributed by atoms with Crippen LogP contribution >= 0.6 is 0 Å². The average Bonchev–Trinajstić information content (AvgIpc) is 3.37. The van der Waals surface area contributed by atoms with Gasteiger partial charge in [-0.25, -0.2) is 26.9 Å². The Morgan fingerprint density at radius 1 is 1.09 bits per heavy atom. The fourth-order valence-corrected chi connectivity index (χ4v) is 6.06. The lowest BCUT2D eigenvalue weighted by molar-refractivity contribution is 0.0952. The first-order chi connectivity index (χ1) is 16.7. The standard InChI is InChI=1S/C25H22F2N4O3S/c1-15-23-21(25(32)28-13-16-2-6-18(26)7-3-16)12-22(17-4-8-19(27)9-5-17)29-24(23)31(30-15)20-10-11-35(33,34)14-20/h2-9,12,20H,10-11,13-14H2,1H3,(H,28,32). The minimum absolute atomic E-state index is 0.0439. The minimum atomic E-state index is -3.18. The maximum atomic E-state index is 13.5. The van der Waals surface area contributed by atoms with Gasteiger partial charge in [0.1, 0.15) is 11.6 Å². The van der Waals surface area contributed by atoms with Crippen LogP contribution in [0.2, 0.25) is 0 Å². The van der Waals surface area contributed by atoms with Crippen molar-refractivity contribution in [3.05, 3.63) is 83.1 Å². The van der Waals surface area contributed by atoms with Gasteiger partial charge in [0, 0.05) is 12.1 Å². The Kier molecular flexibility index (Phi) is 5.84. The molecule has 180 valence electrons. The Labute approximate surface area is 200 Å². The number of amides is 1. The van der Waals surface area contributed by atoms with Gasteiger partial charge >= 0.3 is 0 Å². The summed E-state index contributed by atoms with van der Waals surface area (Å²) in [5, 5.41) is 7.94. The van der Waals surface area contributed by atoms with Gasteiger partial charge in [0.2, 0.25) is 0 Å². The number of aryl methyl sites for hydroxylation is 1. The molecule has 35 heavy (non-hydrogen) atoms. The number of fused-ring (bicyclic) bond motifs is 1. The molecule has 2 aromatic heterocycles. The predicted octanol–water partition coefficient (Wildman–Crippen LogP) is 3.97. The Balaban J connectivity index is 1.60. The predicted molar refractivity (Wildman–Crippen MR) is 128 cm³/mol. The molecule has 0 spiro atoms. The number of hydrogen-bond donors (Lipinski definition) is 1. The molecular formula is C25H22F2N4O3S. The van der Waals surface area contributed by atoms with Crippen molar-refractivity contribution in [2.45, 2.75) is 25.9 Å². The number of benzene rings is 2.